The Morgan fingerprint density at radius 2 is 1.95 bits per heavy atom. The van der Waals surface area contributed by atoms with Crippen LogP contribution in [0.1, 0.15) is 64.7 Å². The number of nitrogens with one attached hydrogen (secondary N) is 1. The molecule has 0 saturated heterocycles. The molecule has 0 aromatic carbocycles. The number of unbranched alkanes of at least 4 members (excludes halogenated alkanes) is 1. The normalized spacial score (nSPS) is 28.1. The molecule has 0 heterocycles. The van der Waals surface area contributed by atoms with E-state index in [2.05, 4.69) is 17.4 Å². The average Bonchev–Trinajstić information content (AvgIpc) is 3.34. The third-order valence-electron chi connectivity index (χ3n) is 5.01. The molecule has 2 aliphatic carbocycles. The van der Waals surface area contributed by atoms with E-state index in [4.69, 9.17) is 10.9 Å². The fraction of sp³-hybridized carbons (Fsp3) is 0.875. The van der Waals surface area contributed by atoms with Crippen LogP contribution in [0.2, 0.25) is 0 Å². The first-order chi connectivity index (χ1) is 10.2. The molecule has 0 aromatic rings. The Balaban J connectivity index is 1.78. The Hall–Kier alpha value is -1.26. The number of nitrogens with two attached hydrogens (primary N) is 1. The molecule has 1 amide bonds. The van der Waals surface area contributed by atoms with Crippen LogP contribution >= 0.6 is 0 Å². The molecule has 0 aromatic heterocycles. The van der Waals surface area contributed by atoms with Gasteiger partial charge >= 0.3 is 0 Å². The van der Waals surface area contributed by atoms with Crippen molar-refractivity contribution in [3.8, 4) is 0 Å². The number of amidine groups is 1. The van der Waals surface area contributed by atoms with Crippen molar-refractivity contribution in [3.63, 3.8) is 0 Å². The van der Waals surface area contributed by atoms with Crippen molar-refractivity contribution >= 4 is 11.7 Å². The van der Waals surface area contributed by atoms with Crippen molar-refractivity contribution in [2.75, 3.05) is 0 Å². The molecule has 2 saturated carbocycles. The van der Waals surface area contributed by atoms with E-state index in [0.717, 1.165) is 44.4 Å². The third kappa shape index (κ3) is 4.61. The van der Waals surface area contributed by atoms with Crippen LogP contribution in [0.3, 0.4) is 0 Å². The summed E-state index contributed by atoms with van der Waals surface area (Å²) in [4.78, 5) is 12.4. The highest BCUT2D eigenvalue weighted by Crippen LogP contribution is 2.35. The molecule has 0 aliphatic heterocycles. The van der Waals surface area contributed by atoms with E-state index >= 15 is 0 Å². The summed E-state index contributed by atoms with van der Waals surface area (Å²) in [5, 5.41) is 14.9. The van der Waals surface area contributed by atoms with Crippen molar-refractivity contribution in [2.24, 2.45) is 28.6 Å². The summed E-state index contributed by atoms with van der Waals surface area (Å²) >= 11 is 0. The second-order valence-electron chi connectivity index (χ2n) is 6.71. The van der Waals surface area contributed by atoms with Crippen LogP contribution in [-0.2, 0) is 4.79 Å². The highest BCUT2D eigenvalue weighted by Gasteiger charge is 2.37. The predicted molar refractivity (Wildman–Crippen MR) is 83.0 cm³/mol. The molecule has 5 nitrogen and oxygen atoms in total. The Morgan fingerprint density at radius 3 is 2.48 bits per heavy atom. The summed E-state index contributed by atoms with van der Waals surface area (Å²) in [6.07, 6.45) is 10.2. The Labute approximate surface area is 127 Å². The zero-order valence-electron chi connectivity index (χ0n) is 13.1. The van der Waals surface area contributed by atoms with E-state index in [1.54, 1.807) is 0 Å². The molecular formula is C16H29N3O2. The number of nitrogens with zero attached hydrogens (tertiary/aromatic N) is 1. The number of carbonyl (C=O) groups is 1. The van der Waals surface area contributed by atoms with E-state index in [-0.39, 0.29) is 23.7 Å². The molecule has 1 unspecified atom stereocenters. The second-order valence-corrected chi connectivity index (χ2v) is 6.71. The first-order valence-corrected chi connectivity index (χ1v) is 8.43. The van der Waals surface area contributed by atoms with Crippen LogP contribution in [-0.4, -0.2) is 23.0 Å². The van der Waals surface area contributed by atoms with E-state index in [9.17, 15) is 4.79 Å². The van der Waals surface area contributed by atoms with Crippen LogP contribution < -0.4 is 11.1 Å². The molecule has 0 radical (unpaired) electrons. The van der Waals surface area contributed by atoms with E-state index < -0.39 is 0 Å². The lowest BCUT2D eigenvalue weighted by Gasteiger charge is -2.29. The van der Waals surface area contributed by atoms with Crippen LogP contribution in [0.4, 0.5) is 0 Å². The molecule has 2 aliphatic rings. The topological polar surface area (TPSA) is 87.7 Å². The number of hydrogen-bond donors (Lipinski definition) is 3. The van der Waals surface area contributed by atoms with E-state index in [0.29, 0.717) is 5.92 Å². The summed E-state index contributed by atoms with van der Waals surface area (Å²) < 4.78 is 0. The van der Waals surface area contributed by atoms with Crippen molar-refractivity contribution in [1.82, 2.24) is 5.32 Å². The van der Waals surface area contributed by atoms with E-state index in [1.165, 1.54) is 19.3 Å². The van der Waals surface area contributed by atoms with E-state index in [1.807, 2.05) is 0 Å². The van der Waals surface area contributed by atoms with Gasteiger partial charge in [0.1, 0.15) is 0 Å². The van der Waals surface area contributed by atoms with Crippen LogP contribution in [0, 0.1) is 17.8 Å². The second kappa shape index (κ2) is 7.66. The minimum atomic E-state index is -0.277. The molecular weight excluding hydrogens is 266 g/mol. The van der Waals surface area contributed by atoms with Gasteiger partial charge in [0, 0.05) is 5.92 Å². The first kappa shape index (κ1) is 16.1. The molecule has 120 valence electrons. The van der Waals surface area contributed by atoms with Gasteiger partial charge < -0.3 is 16.3 Å². The van der Waals surface area contributed by atoms with Gasteiger partial charge in [0.2, 0.25) is 5.91 Å². The molecule has 1 atom stereocenters. The maximum absolute atomic E-state index is 12.4. The maximum Gasteiger partial charge on any atom is 0.223 e. The SMILES string of the molecule is CCCCC1CCC(C(=O)NC(C(N)=NO)C2CC2)CC1. The Kier molecular flexibility index (Phi) is 5.88. The van der Waals surface area contributed by atoms with Gasteiger partial charge in [-0.1, -0.05) is 31.3 Å². The number of amides is 1. The van der Waals surface area contributed by atoms with Crippen LogP contribution in [0.5, 0.6) is 0 Å². The zero-order valence-corrected chi connectivity index (χ0v) is 13.1. The smallest absolute Gasteiger partial charge is 0.223 e. The molecule has 21 heavy (non-hydrogen) atoms. The fourth-order valence-corrected chi connectivity index (χ4v) is 3.40. The summed E-state index contributed by atoms with van der Waals surface area (Å²) in [5.74, 6) is 1.49. The van der Waals surface area contributed by atoms with Gasteiger partial charge in [0.15, 0.2) is 5.84 Å². The van der Waals surface area contributed by atoms with Crippen LogP contribution in [0.15, 0.2) is 5.16 Å². The summed E-state index contributed by atoms with van der Waals surface area (Å²) in [6.45, 7) is 2.23. The largest absolute Gasteiger partial charge is 0.409 e. The minimum absolute atomic E-state index is 0.0902. The summed E-state index contributed by atoms with van der Waals surface area (Å²) in [5.41, 5.74) is 5.70. The highest BCUT2D eigenvalue weighted by atomic mass is 16.4. The maximum atomic E-state index is 12.4. The molecule has 2 fully saturated rings. The number of carbonyl (C=O) groups excluding carboxylic acids is 1. The first-order valence-electron chi connectivity index (χ1n) is 8.43. The third-order valence-corrected chi connectivity index (χ3v) is 5.01. The lowest BCUT2D eigenvalue weighted by atomic mass is 9.79. The van der Waals surface area contributed by atoms with Gasteiger partial charge in [-0.3, -0.25) is 4.79 Å². The van der Waals surface area contributed by atoms with Crippen LogP contribution in [0.25, 0.3) is 0 Å². The van der Waals surface area contributed by atoms with Gasteiger partial charge in [0.25, 0.3) is 0 Å². The van der Waals surface area contributed by atoms with Crippen molar-refractivity contribution in [1.29, 1.82) is 0 Å². The standard InChI is InChI=1S/C16H29N3O2/c1-2-3-4-11-5-7-13(8-6-11)16(20)18-14(12-9-10-12)15(17)19-21/h11-14,21H,2-10H2,1H3,(H2,17,19)(H,18,20). The highest BCUT2D eigenvalue weighted by molar-refractivity contribution is 5.91. The Morgan fingerprint density at radius 1 is 1.29 bits per heavy atom. The zero-order chi connectivity index (χ0) is 15.2. The average molecular weight is 295 g/mol. The van der Waals surface area contributed by atoms with Crippen molar-refractivity contribution in [2.45, 2.75) is 70.8 Å². The molecule has 0 bridgehead atoms. The number of rotatable bonds is 7. The lowest BCUT2D eigenvalue weighted by Crippen LogP contribution is -2.48. The van der Waals surface area contributed by atoms with Gasteiger partial charge in [-0.25, -0.2) is 0 Å². The molecule has 5 heteroatoms. The van der Waals surface area contributed by atoms with Crippen molar-refractivity contribution < 1.29 is 10.0 Å². The van der Waals surface area contributed by atoms with Gasteiger partial charge in [0.05, 0.1) is 6.04 Å². The quantitative estimate of drug-likeness (QED) is 0.292. The van der Waals surface area contributed by atoms with Gasteiger partial charge in [-0.2, -0.15) is 0 Å². The van der Waals surface area contributed by atoms with Gasteiger partial charge in [-0.15, -0.1) is 0 Å². The fourth-order valence-electron chi connectivity index (χ4n) is 3.40. The summed E-state index contributed by atoms with van der Waals surface area (Å²) in [7, 11) is 0. The Bertz CT molecular complexity index is 372. The minimum Gasteiger partial charge on any atom is -0.409 e. The molecule has 0 spiro atoms. The summed E-state index contributed by atoms with van der Waals surface area (Å²) in [6, 6.07) is -0.277. The molecule has 2 rings (SSSR count). The number of oxime groups is 1. The predicted octanol–water partition coefficient (Wildman–Crippen LogP) is 2.62. The van der Waals surface area contributed by atoms with Crippen molar-refractivity contribution in [3.05, 3.63) is 0 Å². The van der Waals surface area contributed by atoms with Gasteiger partial charge in [-0.05, 0) is 50.4 Å². The number of hydrogen-bond acceptors (Lipinski definition) is 3. The monoisotopic (exact) mass is 295 g/mol. The lowest BCUT2D eigenvalue weighted by molar-refractivity contribution is -0.126. The molecule has 4 N–H and O–H groups in total.